The van der Waals surface area contributed by atoms with E-state index in [9.17, 15) is 20.0 Å². The van der Waals surface area contributed by atoms with E-state index in [-0.39, 0.29) is 29.9 Å². The zero-order valence-electron chi connectivity index (χ0n) is 11.5. The lowest BCUT2D eigenvalue weighted by Gasteiger charge is -2.14. The Bertz CT molecular complexity index is 538. The van der Waals surface area contributed by atoms with Gasteiger partial charge in [-0.3, -0.25) is 14.9 Å². The number of aliphatic hydroxyl groups is 1. The van der Waals surface area contributed by atoms with Crippen molar-refractivity contribution in [2.75, 3.05) is 19.6 Å². The minimum Gasteiger partial charge on any atom is -0.391 e. The highest BCUT2D eigenvalue weighted by molar-refractivity contribution is 5.94. The predicted octanol–water partition coefficient (Wildman–Crippen LogP) is 0.635. The van der Waals surface area contributed by atoms with E-state index in [2.05, 4.69) is 10.6 Å². The molecule has 1 fully saturated rings. The minimum atomic E-state index is -0.475. The molecule has 1 amide bonds. The maximum absolute atomic E-state index is 12.0. The fourth-order valence-corrected chi connectivity index (χ4v) is 2.25. The fourth-order valence-electron chi connectivity index (χ4n) is 2.25. The number of hydrogen-bond donors (Lipinski definition) is 3. The lowest BCUT2D eigenvalue weighted by molar-refractivity contribution is -0.385. The summed E-state index contributed by atoms with van der Waals surface area (Å²) in [7, 11) is 0. The van der Waals surface area contributed by atoms with E-state index in [0.29, 0.717) is 30.8 Å². The van der Waals surface area contributed by atoms with Crippen molar-refractivity contribution in [3.05, 3.63) is 39.4 Å². The van der Waals surface area contributed by atoms with Crippen LogP contribution in [0.15, 0.2) is 18.2 Å². The second-order valence-corrected chi connectivity index (χ2v) is 4.95. The Morgan fingerprint density at radius 1 is 1.52 bits per heavy atom. The highest BCUT2D eigenvalue weighted by atomic mass is 35.5. The Kier molecular flexibility index (Phi) is 6.07. The summed E-state index contributed by atoms with van der Waals surface area (Å²) in [5.74, 6) is -0.291. The molecule has 1 aliphatic heterocycles. The standard InChI is InChI=1S/C13H17N3O4.ClH/c1-8-4-9(2-3-11(8)16(19)20)13(18)15-6-10-5-14-7-12(10)17;/h2-4,10,12,14,17H,5-7H2,1H3,(H,15,18);1H. The van der Waals surface area contributed by atoms with E-state index < -0.39 is 11.0 Å². The third-order valence-electron chi connectivity index (χ3n) is 3.48. The summed E-state index contributed by atoms with van der Waals surface area (Å²) in [6.07, 6.45) is -0.450. The van der Waals surface area contributed by atoms with Gasteiger partial charge in [-0.2, -0.15) is 0 Å². The smallest absolute Gasteiger partial charge is 0.272 e. The lowest BCUT2D eigenvalue weighted by atomic mass is 10.1. The van der Waals surface area contributed by atoms with Gasteiger partial charge in [-0.15, -0.1) is 12.4 Å². The summed E-state index contributed by atoms with van der Waals surface area (Å²) >= 11 is 0. The summed E-state index contributed by atoms with van der Waals surface area (Å²) < 4.78 is 0. The van der Waals surface area contributed by atoms with E-state index in [0.717, 1.165) is 0 Å². The molecule has 21 heavy (non-hydrogen) atoms. The molecule has 0 spiro atoms. The number of halogens is 1. The molecule has 3 N–H and O–H groups in total. The molecule has 0 bridgehead atoms. The molecule has 1 aromatic rings. The molecular formula is C13H18ClN3O4. The van der Waals surface area contributed by atoms with Gasteiger partial charge in [-0.1, -0.05) is 0 Å². The average molecular weight is 316 g/mol. The van der Waals surface area contributed by atoms with Crippen molar-refractivity contribution in [3.8, 4) is 0 Å². The molecule has 1 aromatic carbocycles. The molecule has 8 heteroatoms. The summed E-state index contributed by atoms with van der Waals surface area (Å²) in [5.41, 5.74) is 0.829. The number of nitrogens with one attached hydrogen (secondary N) is 2. The topological polar surface area (TPSA) is 104 Å². The summed E-state index contributed by atoms with van der Waals surface area (Å²) in [5, 5.41) is 26.1. The van der Waals surface area contributed by atoms with Crippen molar-refractivity contribution in [1.82, 2.24) is 10.6 Å². The molecule has 0 aromatic heterocycles. The number of rotatable bonds is 4. The van der Waals surface area contributed by atoms with Crippen LogP contribution in [0.4, 0.5) is 5.69 Å². The predicted molar refractivity (Wildman–Crippen MR) is 79.8 cm³/mol. The highest BCUT2D eigenvalue weighted by Gasteiger charge is 2.25. The summed E-state index contributed by atoms with van der Waals surface area (Å²) in [6, 6.07) is 4.26. The second kappa shape index (κ2) is 7.35. The molecule has 2 atom stereocenters. The Morgan fingerprint density at radius 3 is 2.76 bits per heavy atom. The lowest BCUT2D eigenvalue weighted by Crippen LogP contribution is -2.34. The van der Waals surface area contributed by atoms with Crippen molar-refractivity contribution in [2.45, 2.75) is 13.0 Å². The first-order chi connectivity index (χ1) is 9.49. The number of hydrogen-bond acceptors (Lipinski definition) is 5. The van der Waals surface area contributed by atoms with Gasteiger partial charge >= 0.3 is 0 Å². The van der Waals surface area contributed by atoms with Crippen molar-refractivity contribution in [1.29, 1.82) is 0 Å². The molecule has 1 aliphatic rings. The molecule has 7 nitrogen and oxygen atoms in total. The molecule has 2 rings (SSSR count). The first-order valence-corrected chi connectivity index (χ1v) is 6.41. The van der Waals surface area contributed by atoms with Gasteiger partial charge in [0, 0.05) is 42.7 Å². The van der Waals surface area contributed by atoms with Gasteiger partial charge in [-0.05, 0) is 19.1 Å². The van der Waals surface area contributed by atoms with Crippen molar-refractivity contribution < 1.29 is 14.8 Å². The Balaban J connectivity index is 0.00000220. The molecular weight excluding hydrogens is 298 g/mol. The summed E-state index contributed by atoms with van der Waals surface area (Å²) in [4.78, 5) is 22.2. The third kappa shape index (κ3) is 4.13. The highest BCUT2D eigenvalue weighted by Crippen LogP contribution is 2.18. The first-order valence-electron chi connectivity index (χ1n) is 6.41. The molecule has 2 unspecified atom stereocenters. The van der Waals surface area contributed by atoms with Crippen LogP contribution in [0, 0.1) is 23.0 Å². The molecule has 0 saturated carbocycles. The van der Waals surface area contributed by atoms with Crippen molar-refractivity contribution in [3.63, 3.8) is 0 Å². The van der Waals surface area contributed by atoms with E-state index in [1.165, 1.54) is 18.2 Å². The largest absolute Gasteiger partial charge is 0.391 e. The van der Waals surface area contributed by atoms with Gasteiger partial charge in [0.1, 0.15) is 0 Å². The molecule has 1 heterocycles. The van der Waals surface area contributed by atoms with Crippen LogP contribution >= 0.6 is 12.4 Å². The van der Waals surface area contributed by atoms with Crippen molar-refractivity contribution >= 4 is 24.0 Å². The minimum absolute atomic E-state index is 0. The normalized spacial score (nSPS) is 20.7. The number of nitro groups is 1. The third-order valence-corrected chi connectivity index (χ3v) is 3.48. The van der Waals surface area contributed by atoms with E-state index in [4.69, 9.17) is 0 Å². The zero-order valence-corrected chi connectivity index (χ0v) is 12.4. The van der Waals surface area contributed by atoms with Crippen LogP contribution in [0.5, 0.6) is 0 Å². The van der Waals surface area contributed by atoms with Crippen LogP contribution in [0.1, 0.15) is 15.9 Å². The number of carbonyl (C=O) groups excluding carboxylic acids is 1. The molecule has 0 radical (unpaired) electrons. The van der Waals surface area contributed by atoms with Crippen molar-refractivity contribution in [2.24, 2.45) is 5.92 Å². The molecule has 116 valence electrons. The number of benzene rings is 1. The van der Waals surface area contributed by atoms with E-state index in [1.807, 2.05) is 0 Å². The molecule has 1 saturated heterocycles. The summed E-state index contributed by atoms with van der Waals surface area (Å²) in [6.45, 7) is 3.18. The Labute approximate surface area is 128 Å². The van der Waals surface area contributed by atoms with E-state index in [1.54, 1.807) is 6.92 Å². The maximum Gasteiger partial charge on any atom is 0.272 e. The van der Waals surface area contributed by atoms with Gasteiger partial charge in [-0.25, -0.2) is 0 Å². The number of nitro benzene ring substituents is 1. The van der Waals surface area contributed by atoms with Gasteiger partial charge in [0.05, 0.1) is 11.0 Å². The van der Waals surface area contributed by atoms with Crippen LogP contribution in [-0.4, -0.2) is 41.7 Å². The molecule has 0 aliphatic carbocycles. The fraction of sp³-hybridized carbons (Fsp3) is 0.462. The number of aryl methyl sites for hydroxylation is 1. The van der Waals surface area contributed by atoms with Gasteiger partial charge in [0.2, 0.25) is 0 Å². The first kappa shape index (κ1) is 17.4. The van der Waals surface area contributed by atoms with Gasteiger partial charge in [0.15, 0.2) is 0 Å². The second-order valence-electron chi connectivity index (χ2n) is 4.95. The average Bonchev–Trinajstić information content (AvgIpc) is 2.81. The quantitative estimate of drug-likeness (QED) is 0.558. The Hall–Kier alpha value is -1.70. The Morgan fingerprint density at radius 2 is 2.24 bits per heavy atom. The maximum atomic E-state index is 12.0. The zero-order chi connectivity index (χ0) is 14.7. The van der Waals surface area contributed by atoms with Crippen LogP contribution in [0.2, 0.25) is 0 Å². The van der Waals surface area contributed by atoms with Crippen LogP contribution in [-0.2, 0) is 0 Å². The van der Waals surface area contributed by atoms with Crippen LogP contribution in [0.25, 0.3) is 0 Å². The van der Waals surface area contributed by atoms with E-state index >= 15 is 0 Å². The van der Waals surface area contributed by atoms with Gasteiger partial charge < -0.3 is 15.7 Å². The number of carbonyl (C=O) groups is 1. The number of amides is 1. The van der Waals surface area contributed by atoms with Gasteiger partial charge in [0.25, 0.3) is 11.6 Å². The number of β-amino-alcohol motifs (C(OH)–C–C–N with tert-alkyl or cyclic N) is 1. The monoisotopic (exact) mass is 315 g/mol. The van der Waals surface area contributed by atoms with Crippen LogP contribution in [0.3, 0.4) is 0 Å². The number of aliphatic hydroxyl groups excluding tert-OH is 1. The number of nitrogens with zero attached hydrogens (tertiary/aromatic N) is 1. The SMILES string of the molecule is Cc1cc(C(=O)NCC2CNCC2O)ccc1[N+](=O)[O-].Cl. The van der Waals surface area contributed by atoms with Crippen LogP contribution < -0.4 is 10.6 Å².